The SMILES string of the molecule is Cc1ccc(C)c(-c2noc(-c3ccc(N)cc3)n2)c1. The van der Waals surface area contributed by atoms with Crippen molar-refractivity contribution in [1.82, 2.24) is 10.1 Å². The highest BCUT2D eigenvalue weighted by molar-refractivity contribution is 5.64. The second-order valence-corrected chi connectivity index (χ2v) is 4.86. The van der Waals surface area contributed by atoms with Crippen LogP contribution in [0.3, 0.4) is 0 Å². The van der Waals surface area contributed by atoms with Crippen molar-refractivity contribution < 1.29 is 4.52 Å². The molecule has 0 spiro atoms. The molecule has 0 saturated carbocycles. The van der Waals surface area contributed by atoms with E-state index >= 15 is 0 Å². The second-order valence-electron chi connectivity index (χ2n) is 4.86. The van der Waals surface area contributed by atoms with Crippen LogP contribution in [0.15, 0.2) is 47.0 Å². The van der Waals surface area contributed by atoms with Gasteiger partial charge in [-0.05, 0) is 49.7 Å². The largest absolute Gasteiger partial charge is 0.399 e. The van der Waals surface area contributed by atoms with Crippen molar-refractivity contribution in [2.75, 3.05) is 5.73 Å². The van der Waals surface area contributed by atoms with Gasteiger partial charge in [-0.3, -0.25) is 0 Å². The molecule has 100 valence electrons. The van der Waals surface area contributed by atoms with Gasteiger partial charge >= 0.3 is 0 Å². The Labute approximate surface area is 117 Å². The first kappa shape index (κ1) is 12.4. The van der Waals surface area contributed by atoms with Crippen LogP contribution in [0.5, 0.6) is 0 Å². The highest BCUT2D eigenvalue weighted by atomic mass is 16.5. The average molecular weight is 265 g/mol. The lowest BCUT2D eigenvalue weighted by Crippen LogP contribution is -1.87. The number of aromatic nitrogens is 2. The zero-order valence-electron chi connectivity index (χ0n) is 11.4. The number of nitrogen functional groups attached to an aromatic ring is 1. The summed E-state index contributed by atoms with van der Waals surface area (Å²) < 4.78 is 5.34. The number of benzene rings is 2. The first-order chi connectivity index (χ1) is 9.63. The van der Waals surface area contributed by atoms with E-state index in [1.807, 2.05) is 38.1 Å². The molecule has 3 aromatic rings. The van der Waals surface area contributed by atoms with Crippen LogP contribution in [-0.4, -0.2) is 10.1 Å². The molecule has 0 aliphatic carbocycles. The van der Waals surface area contributed by atoms with Crippen molar-refractivity contribution in [3.8, 4) is 22.8 Å². The summed E-state index contributed by atoms with van der Waals surface area (Å²) in [6.45, 7) is 4.08. The Morgan fingerprint density at radius 3 is 2.50 bits per heavy atom. The van der Waals surface area contributed by atoms with Gasteiger partial charge in [-0.15, -0.1) is 0 Å². The molecule has 0 bridgehead atoms. The smallest absolute Gasteiger partial charge is 0.258 e. The molecule has 1 heterocycles. The number of hydrogen-bond donors (Lipinski definition) is 1. The Morgan fingerprint density at radius 2 is 1.75 bits per heavy atom. The fourth-order valence-corrected chi connectivity index (χ4v) is 2.05. The monoisotopic (exact) mass is 265 g/mol. The molecule has 4 nitrogen and oxygen atoms in total. The Hall–Kier alpha value is -2.62. The zero-order chi connectivity index (χ0) is 14.1. The van der Waals surface area contributed by atoms with Crippen LogP contribution < -0.4 is 5.73 Å². The normalized spacial score (nSPS) is 10.7. The summed E-state index contributed by atoms with van der Waals surface area (Å²) in [7, 11) is 0. The molecule has 0 atom stereocenters. The Morgan fingerprint density at radius 1 is 1.00 bits per heavy atom. The van der Waals surface area contributed by atoms with Gasteiger partial charge in [0.1, 0.15) is 0 Å². The number of rotatable bonds is 2. The van der Waals surface area contributed by atoms with Crippen LogP contribution >= 0.6 is 0 Å². The highest BCUT2D eigenvalue weighted by Crippen LogP contribution is 2.25. The second kappa shape index (κ2) is 4.81. The van der Waals surface area contributed by atoms with Gasteiger partial charge in [0.25, 0.3) is 5.89 Å². The molecule has 3 rings (SSSR count). The van der Waals surface area contributed by atoms with Gasteiger partial charge in [-0.2, -0.15) is 4.98 Å². The van der Waals surface area contributed by atoms with Gasteiger partial charge in [-0.25, -0.2) is 0 Å². The maximum absolute atomic E-state index is 5.67. The van der Waals surface area contributed by atoms with Crippen LogP contribution in [0.25, 0.3) is 22.8 Å². The summed E-state index contributed by atoms with van der Waals surface area (Å²) in [6.07, 6.45) is 0. The summed E-state index contributed by atoms with van der Waals surface area (Å²) in [5, 5.41) is 4.07. The topological polar surface area (TPSA) is 64.9 Å². The molecule has 0 radical (unpaired) electrons. The molecule has 2 aromatic carbocycles. The fraction of sp³-hybridized carbons (Fsp3) is 0.125. The molecule has 0 aliphatic rings. The van der Waals surface area contributed by atoms with Crippen LogP contribution in [0.2, 0.25) is 0 Å². The molecule has 20 heavy (non-hydrogen) atoms. The Bertz CT molecular complexity index is 745. The predicted molar refractivity (Wildman–Crippen MR) is 79.1 cm³/mol. The summed E-state index contributed by atoms with van der Waals surface area (Å²) in [5.74, 6) is 1.11. The van der Waals surface area contributed by atoms with E-state index < -0.39 is 0 Å². The van der Waals surface area contributed by atoms with Gasteiger partial charge in [0, 0.05) is 16.8 Å². The molecule has 0 unspecified atom stereocenters. The Balaban J connectivity index is 2.01. The first-order valence-electron chi connectivity index (χ1n) is 6.41. The van der Waals surface area contributed by atoms with Crippen molar-refractivity contribution in [3.05, 3.63) is 53.6 Å². The number of aryl methyl sites for hydroxylation is 2. The van der Waals surface area contributed by atoms with Crippen LogP contribution in [0, 0.1) is 13.8 Å². The summed E-state index contributed by atoms with van der Waals surface area (Å²) in [5.41, 5.74) is 10.5. The van der Waals surface area contributed by atoms with Crippen molar-refractivity contribution in [1.29, 1.82) is 0 Å². The van der Waals surface area contributed by atoms with Gasteiger partial charge in [0.15, 0.2) is 0 Å². The number of nitrogens with zero attached hydrogens (tertiary/aromatic N) is 2. The summed E-state index contributed by atoms with van der Waals surface area (Å²) in [6, 6.07) is 13.6. The van der Waals surface area contributed by atoms with E-state index in [0.29, 0.717) is 17.4 Å². The minimum atomic E-state index is 0.501. The third-order valence-corrected chi connectivity index (χ3v) is 3.22. The van der Waals surface area contributed by atoms with E-state index in [1.165, 1.54) is 5.56 Å². The van der Waals surface area contributed by atoms with Gasteiger partial charge < -0.3 is 10.3 Å². The molecular weight excluding hydrogens is 250 g/mol. The lowest BCUT2D eigenvalue weighted by Gasteiger charge is -2.01. The van der Waals surface area contributed by atoms with Gasteiger partial charge in [0.05, 0.1) is 0 Å². The van der Waals surface area contributed by atoms with Crippen molar-refractivity contribution >= 4 is 5.69 Å². The van der Waals surface area contributed by atoms with Crippen LogP contribution in [0.1, 0.15) is 11.1 Å². The molecule has 2 N–H and O–H groups in total. The minimum absolute atomic E-state index is 0.501. The molecule has 0 saturated heterocycles. The maximum atomic E-state index is 5.67. The quantitative estimate of drug-likeness (QED) is 0.719. The summed E-state index contributed by atoms with van der Waals surface area (Å²) >= 11 is 0. The van der Waals surface area contributed by atoms with E-state index in [1.54, 1.807) is 0 Å². The standard InChI is InChI=1S/C16H15N3O/c1-10-3-4-11(2)14(9-10)15-18-16(20-19-15)12-5-7-13(17)8-6-12/h3-9H,17H2,1-2H3. The number of anilines is 1. The third-order valence-electron chi connectivity index (χ3n) is 3.22. The maximum Gasteiger partial charge on any atom is 0.258 e. The van der Waals surface area contributed by atoms with E-state index in [4.69, 9.17) is 10.3 Å². The minimum Gasteiger partial charge on any atom is -0.399 e. The molecule has 1 aromatic heterocycles. The predicted octanol–water partition coefficient (Wildman–Crippen LogP) is 3.60. The van der Waals surface area contributed by atoms with E-state index in [-0.39, 0.29) is 0 Å². The molecular formula is C16H15N3O. The summed E-state index contributed by atoms with van der Waals surface area (Å²) in [4.78, 5) is 4.46. The Kier molecular flexibility index (Phi) is 2.99. The molecule has 0 aliphatic heterocycles. The average Bonchev–Trinajstić information content (AvgIpc) is 2.92. The zero-order valence-corrected chi connectivity index (χ0v) is 11.4. The van der Waals surface area contributed by atoms with Gasteiger partial charge in [0.2, 0.25) is 5.82 Å². The van der Waals surface area contributed by atoms with E-state index in [0.717, 1.165) is 16.7 Å². The fourth-order valence-electron chi connectivity index (χ4n) is 2.05. The van der Waals surface area contributed by atoms with Crippen LogP contribution in [-0.2, 0) is 0 Å². The molecule has 0 fully saturated rings. The number of hydrogen-bond acceptors (Lipinski definition) is 4. The lowest BCUT2D eigenvalue weighted by atomic mass is 10.1. The van der Waals surface area contributed by atoms with Crippen LogP contribution in [0.4, 0.5) is 5.69 Å². The van der Waals surface area contributed by atoms with Crippen molar-refractivity contribution in [3.63, 3.8) is 0 Å². The molecule has 0 amide bonds. The van der Waals surface area contributed by atoms with Crippen molar-refractivity contribution in [2.24, 2.45) is 0 Å². The first-order valence-corrected chi connectivity index (χ1v) is 6.41. The van der Waals surface area contributed by atoms with E-state index in [9.17, 15) is 0 Å². The third kappa shape index (κ3) is 2.28. The number of nitrogens with two attached hydrogens (primary N) is 1. The molecule has 4 heteroatoms. The lowest BCUT2D eigenvalue weighted by molar-refractivity contribution is 0.432. The van der Waals surface area contributed by atoms with E-state index in [2.05, 4.69) is 28.3 Å². The van der Waals surface area contributed by atoms with Gasteiger partial charge in [-0.1, -0.05) is 22.9 Å². The highest BCUT2D eigenvalue weighted by Gasteiger charge is 2.12. The van der Waals surface area contributed by atoms with Crippen molar-refractivity contribution in [2.45, 2.75) is 13.8 Å².